The summed E-state index contributed by atoms with van der Waals surface area (Å²) in [5.41, 5.74) is 4.68. The van der Waals surface area contributed by atoms with E-state index in [9.17, 15) is 0 Å². The summed E-state index contributed by atoms with van der Waals surface area (Å²) >= 11 is 0. The summed E-state index contributed by atoms with van der Waals surface area (Å²) in [6.07, 6.45) is 10.2. The van der Waals surface area contributed by atoms with Gasteiger partial charge in [-0.3, -0.25) is 0 Å². The van der Waals surface area contributed by atoms with Crippen molar-refractivity contribution in [2.75, 3.05) is 0 Å². The molecule has 118 valence electrons. The minimum Gasteiger partial charge on any atom is -0.133 e. The van der Waals surface area contributed by atoms with E-state index in [2.05, 4.69) is 50.7 Å². The molecule has 2 fully saturated rings. The molecular formula is C18H35BSi2. The number of hydrogen-bond donors (Lipinski definition) is 0. The Morgan fingerprint density at radius 2 is 1.48 bits per heavy atom. The van der Waals surface area contributed by atoms with Gasteiger partial charge >= 0.3 is 0 Å². The first-order valence-electron chi connectivity index (χ1n) is 9.18. The molecule has 3 heteroatoms. The first-order valence-corrected chi connectivity index (χ1v) is 16.3. The molecule has 0 unspecified atom stereocenters. The van der Waals surface area contributed by atoms with E-state index < -0.39 is 16.1 Å². The highest BCUT2D eigenvalue weighted by Gasteiger charge is 2.46. The lowest BCUT2D eigenvalue weighted by atomic mass is 9.35. The van der Waals surface area contributed by atoms with E-state index in [0.717, 1.165) is 23.9 Å². The van der Waals surface area contributed by atoms with Crippen molar-refractivity contribution in [2.24, 2.45) is 5.92 Å². The molecule has 2 rings (SSSR count). The van der Waals surface area contributed by atoms with Crippen LogP contribution in [0.5, 0.6) is 0 Å². The molecule has 2 aliphatic heterocycles. The van der Waals surface area contributed by atoms with Crippen molar-refractivity contribution < 1.29 is 0 Å². The van der Waals surface area contributed by atoms with E-state index in [1.165, 1.54) is 44.8 Å². The molecule has 0 spiro atoms. The van der Waals surface area contributed by atoms with Gasteiger partial charge in [0, 0.05) is 8.07 Å². The van der Waals surface area contributed by atoms with Crippen LogP contribution in [0.25, 0.3) is 0 Å². The highest BCUT2D eigenvalue weighted by atomic mass is 28.3. The van der Waals surface area contributed by atoms with Gasteiger partial charge in [0.1, 0.15) is 8.07 Å². The molecule has 0 radical (unpaired) electrons. The first-order chi connectivity index (χ1) is 9.68. The molecule has 0 N–H and O–H groups in total. The van der Waals surface area contributed by atoms with Crippen LogP contribution in [-0.2, 0) is 0 Å². The molecule has 2 heterocycles. The maximum absolute atomic E-state index is 3.67. The number of rotatable bonds is 2. The molecule has 1 atom stereocenters. The van der Waals surface area contributed by atoms with Gasteiger partial charge in [-0.2, -0.15) is 0 Å². The molecule has 0 aliphatic carbocycles. The van der Waals surface area contributed by atoms with Crippen molar-refractivity contribution in [3.05, 3.63) is 0 Å². The highest BCUT2D eigenvalue weighted by molar-refractivity contribution is 6.90. The lowest BCUT2D eigenvalue weighted by Crippen LogP contribution is -2.43. The highest BCUT2D eigenvalue weighted by Crippen LogP contribution is 2.51. The van der Waals surface area contributed by atoms with Crippen LogP contribution in [0, 0.1) is 17.4 Å². The largest absolute Gasteiger partial charge is 0.157 e. The van der Waals surface area contributed by atoms with Gasteiger partial charge in [0.15, 0.2) is 6.71 Å². The van der Waals surface area contributed by atoms with Gasteiger partial charge in [-0.1, -0.05) is 89.1 Å². The van der Waals surface area contributed by atoms with E-state index in [1.54, 1.807) is 0 Å². The third kappa shape index (κ3) is 4.76. The Morgan fingerprint density at radius 3 is 1.95 bits per heavy atom. The number of hydrogen-bond acceptors (Lipinski definition) is 0. The van der Waals surface area contributed by atoms with Gasteiger partial charge in [0.2, 0.25) is 0 Å². The van der Waals surface area contributed by atoms with E-state index in [1.807, 2.05) is 0 Å². The first kappa shape index (κ1) is 17.4. The van der Waals surface area contributed by atoms with Crippen molar-refractivity contribution in [3.8, 4) is 11.5 Å². The standard InChI is InChI=1S/C18H35BSi2/c1-20(2,3)15-9-14-19-17-12-7-10-16(11-8-13-17)18(19)21(4,5)6/h16-18H,7-8,10-14H2,1-6H3/t16?,17?,18-/m0/s1. The fourth-order valence-electron chi connectivity index (χ4n) is 5.08. The Labute approximate surface area is 136 Å². The van der Waals surface area contributed by atoms with Gasteiger partial charge in [-0.05, 0) is 12.2 Å². The smallest absolute Gasteiger partial charge is 0.133 e. The van der Waals surface area contributed by atoms with Crippen LogP contribution in [0.15, 0.2) is 0 Å². The van der Waals surface area contributed by atoms with Crippen molar-refractivity contribution in [3.63, 3.8) is 0 Å². The topological polar surface area (TPSA) is 0 Å². The second-order valence-electron chi connectivity index (χ2n) is 9.69. The molecular weight excluding hydrogens is 283 g/mol. The van der Waals surface area contributed by atoms with E-state index in [0.29, 0.717) is 0 Å². The molecule has 2 bridgehead atoms. The molecule has 0 aromatic heterocycles. The summed E-state index contributed by atoms with van der Waals surface area (Å²) in [5.74, 6) is 5.69. The Bertz CT molecular complexity index is 398. The van der Waals surface area contributed by atoms with E-state index >= 15 is 0 Å². The fourth-order valence-corrected chi connectivity index (χ4v) is 9.13. The molecule has 2 saturated heterocycles. The summed E-state index contributed by atoms with van der Waals surface area (Å²) in [6, 6.07) is 0. The van der Waals surface area contributed by atoms with Crippen LogP contribution in [-0.4, -0.2) is 22.9 Å². The van der Waals surface area contributed by atoms with E-state index in [-0.39, 0.29) is 0 Å². The second kappa shape index (κ2) is 6.67. The Hall–Kier alpha value is 0.0587. The van der Waals surface area contributed by atoms with Crippen LogP contribution in [0.1, 0.15) is 38.5 Å². The van der Waals surface area contributed by atoms with Crippen LogP contribution in [0.3, 0.4) is 0 Å². The molecule has 0 aromatic carbocycles. The summed E-state index contributed by atoms with van der Waals surface area (Å²) in [4.78, 5) is 0. The Morgan fingerprint density at radius 1 is 0.905 bits per heavy atom. The molecule has 0 aromatic rings. The normalized spacial score (nSPS) is 30.4. The van der Waals surface area contributed by atoms with Crippen LogP contribution < -0.4 is 0 Å². The van der Waals surface area contributed by atoms with Gasteiger partial charge in [0.25, 0.3) is 0 Å². The average molecular weight is 318 g/mol. The van der Waals surface area contributed by atoms with Gasteiger partial charge < -0.3 is 0 Å². The summed E-state index contributed by atoms with van der Waals surface area (Å²) in [5, 5.41) is 0. The minimum absolute atomic E-state index is 0.926. The quantitative estimate of drug-likeness (QED) is 0.435. The lowest BCUT2D eigenvalue weighted by Gasteiger charge is -2.38. The van der Waals surface area contributed by atoms with Crippen molar-refractivity contribution >= 4 is 22.9 Å². The average Bonchev–Trinajstić information content (AvgIpc) is 2.53. The Kier molecular flexibility index (Phi) is 5.53. The lowest BCUT2D eigenvalue weighted by molar-refractivity contribution is 0.411. The maximum atomic E-state index is 3.67. The second-order valence-corrected chi connectivity index (χ2v) is 19.8. The van der Waals surface area contributed by atoms with E-state index in [4.69, 9.17) is 0 Å². The van der Waals surface area contributed by atoms with Crippen molar-refractivity contribution in [1.29, 1.82) is 0 Å². The van der Waals surface area contributed by atoms with Crippen LogP contribution in [0.4, 0.5) is 0 Å². The third-order valence-corrected chi connectivity index (χ3v) is 9.50. The molecule has 0 nitrogen and oxygen atoms in total. The maximum Gasteiger partial charge on any atom is 0.157 e. The monoisotopic (exact) mass is 318 g/mol. The van der Waals surface area contributed by atoms with Gasteiger partial charge in [0.05, 0.1) is 0 Å². The molecule has 0 amide bonds. The fraction of sp³-hybridized carbons (Fsp3) is 0.889. The predicted octanol–water partition coefficient (Wildman–Crippen LogP) is 5.96. The molecule has 0 saturated carbocycles. The Balaban J connectivity index is 2.25. The van der Waals surface area contributed by atoms with Crippen LogP contribution in [0.2, 0.25) is 56.9 Å². The zero-order valence-electron chi connectivity index (χ0n) is 15.3. The minimum atomic E-state index is -1.21. The van der Waals surface area contributed by atoms with Crippen LogP contribution >= 0.6 is 0 Å². The summed E-state index contributed by atoms with van der Waals surface area (Å²) in [7, 11) is -2.30. The van der Waals surface area contributed by atoms with Crippen molar-refractivity contribution in [2.45, 2.75) is 95.4 Å². The summed E-state index contributed by atoms with van der Waals surface area (Å²) in [6.45, 7) is 15.9. The summed E-state index contributed by atoms with van der Waals surface area (Å²) < 4.78 is 0. The van der Waals surface area contributed by atoms with Gasteiger partial charge in [-0.15, -0.1) is 11.5 Å². The molecule has 2 aliphatic rings. The number of fused-ring (bicyclic) bond motifs is 3. The zero-order valence-corrected chi connectivity index (χ0v) is 17.3. The van der Waals surface area contributed by atoms with Gasteiger partial charge in [-0.25, -0.2) is 0 Å². The zero-order chi connectivity index (χ0) is 15.7. The predicted molar refractivity (Wildman–Crippen MR) is 104 cm³/mol. The molecule has 21 heavy (non-hydrogen) atoms. The SMILES string of the molecule is C[Si](C)(C)C#CCB1C2CCCC(CCC2)[C@@H]1[Si](C)(C)C. The van der Waals surface area contributed by atoms with Crippen molar-refractivity contribution in [1.82, 2.24) is 0 Å². The third-order valence-electron chi connectivity index (χ3n) is 5.68.